The van der Waals surface area contributed by atoms with E-state index in [9.17, 15) is 4.39 Å². The van der Waals surface area contributed by atoms with E-state index in [0.29, 0.717) is 46.6 Å². The van der Waals surface area contributed by atoms with Crippen molar-refractivity contribution in [2.75, 3.05) is 11.1 Å². The number of anilines is 2. The summed E-state index contributed by atoms with van der Waals surface area (Å²) in [5, 5.41) is 8.74. The van der Waals surface area contributed by atoms with Gasteiger partial charge in [-0.1, -0.05) is 55.3 Å². The molecule has 0 atom stereocenters. The lowest BCUT2D eigenvalue weighted by atomic mass is 10.1. The first-order chi connectivity index (χ1) is 14.7. The number of hydrogen-bond donors (Lipinski definition) is 2. The fraction of sp³-hybridized carbons (Fsp3) is 0.261. The Kier molecular flexibility index (Phi) is 4.78. The molecule has 4 aromatic rings. The lowest BCUT2D eigenvalue weighted by Crippen LogP contribution is -2.17. The summed E-state index contributed by atoms with van der Waals surface area (Å²) >= 11 is 0. The number of halogens is 1. The number of hydrogen-bond acceptors (Lipinski definition) is 5. The Morgan fingerprint density at radius 3 is 2.60 bits per heavy atom. The molecule has 1 aliphatic rings. The van der Waals surface area contributed by atoms with Crippen molar-refractivity contribution in [3.8, 4) is 11.3 Å². The first-order valence-corrected chi connectivity index (χ1v) is 10.3. The van der Waals surface area contributed by atoms with Crippen molar-refractivity contribution in [2.24, 2.45) is 0 Å². The highest BCUT2D eigenvalue weighted by atomic mass is 19.1. The van der Waals surface area contributed by atoms with Crippen molar-refractivity contribution < 1.29 is 4.39 Å². The van der Waals surface area contributed by atoms with Gasteiger partial charge in [0, 0.05) is 11.6 Å². The van der Waals surface area contributed by atoms with Crippen LogP contribution < -0.4 is 11.1 Å². The molecule has 0 bridgehead atoms. The van der Waals surface area contributed by atoms with E-state index in [-0.39, 0.29) is 5.82 Å². The highest BCUT2D eigenvalue weighted by Crippen LogP contribution is 2.32. The molecule has 0 aliphatic heterocycles. The summed E-state index contributed by atoms with van der Waals surface area (Å²) in [7, 11) is 0. The Morgan fingerprint density at radius 1 is 1.03 bits per heavy atom. The Hall–Kier alpha value is -3.48. The molecular weight excluding hydrogens is 379 g/mol. The van der Waals surface area contributed by atoms with Crippen molar-refractivity contribution in [3.63, 3.8) is 0 Å². The number of nitrogens with one attached hydrogen (secondary N) is 1. The second-order valence-electron chi connectivity index (χ2n) is 7.76. The fourth-order valence-corrected chi connectivity index (χ4v) is 4.09. The second-order valence-corrected chi connectivity index (χ2v) is 7.76. The summed E-state index contributed by atoms with van der Waals surface area (Å²) in [6.45, 7) is 0.525. The van der Waals surface area contributed by atoms with E-state index < -0.39 is 0 Å². The molecule has 0 saturated heterocycles. The zero-order valence-corrected chi connectivity index (χ0v) is 16.6. The molecule has 1 saturated carbocycles. The Labute approximate surface area is 174 Å². The SMILES string of the molecule is Nc1c2c(-c3cccc(F)c3)nc(NC3CCCC3)nc2nn1Cc1ccccc1. The van der Waals surface area contributed by atoms with Gasteiger partial charge in [-0.2, -0.15) is 4.98 Å². The van der Waals surface area contributed by atoms with Crippen LogP contribution in [0.5, 0.6) is 0 Å². The smallest absolute Gasteiger partial charge is 0.225 e. The van der Waals surface area contributed by atoms with Gasteiger partial charge in [-0.3, -0.25) is 0 Å². The maximum absolute atomic E-state index is 14.0. The van der Waals surface area contributed by atoms with Crippen molar-refractivity contribution in [1.82, 2.24) is 19.7 Å². The van der Waals surface area contributed by atoms with Crippen LogP contribution in [0.4, 0.5) is 16.2 Å². The average molecular weight is 402 g/mol. The standard InChI is InChI=1S/C23H23FN6/c24-17-10-6-9-16(13-17)20-19-21(25)30(14-15-7-2-1-3-8-15)29-22(19)28-23(27-20)26-18-11-4-5-12-18/h1-3,6-10,13,18H,4-5,11-12,14,25H2,(H,26,28,29). The zero-order chi connectivity index (χ0) is 20.5. The Balaban J connectivity index is 1.63. The van der Waals surface area contributed by atoms with E-state index in [2.05, 4.69) is 15.4 Å². The van der Waals surface area contributed by atoms with Crippen LogP contribution in [0.15, 0.2) is 54.6 Å². The minimum absolute atomic E-state index is 0.320. The lowest BCUT2D eigenvalue weighted by molar-refractivity contribution is 0.628. The van der Waals surface area contributed by atoms with Gasteiger partial charge in [0.1, 0.15) is 11.6 Å². The van der Waals surface area contributed by atoms with Crippen LogP contribution in [0.2, 0.25) is 0 Å². The predicted molar refractivity (Wildman–Crippen MR) is 117 cm³/mol. The molecule has 6 nitrogen and oxygen atoms in total. The van der Waals surface area contributed by atoms with E-state index in [1.165, 1.54) is 25.0 Å². The normalized spacial score (nSPS) is 14.4. The van der Waals surface area contributed by atoms with Gasteiger partial charge in [0.2, 0.25) is 5.95 Å². The largest absolute Gasteiger partial charge is 0.383 e. The molecule has 0 unspecified atom stereocenters. The molecule has 5 rings (SSSR count). The molecule has 2 aromatic heterocycles. The van der Waals surface area contributed by atoms with Crippen LogP contribution in [0.1, 0.15) is 31.2 Å². The summed E-state index contributed by atoms with van der Waals surface area (Å²) in [6.07, 6.45) is 4.60. The Morgan fingerprint density at radius 2 is 1.83 bits per heavy atom. The third-order valence-corrected chi connectivity index (χ3v) is 5.60. The number of aromatic nitrogens is 4. The monoisotopic (exact) mass is 402 g/mol. The van der Waals surface area contributed by atoms with Crippen molar-refractivity contribution in [3.05, 3.63) is 66.0 Å². The first-order valence-electron chi connectivity index (χ1n) is 10.3. The number of nitrogen functional groups attached to an aromatic ring is 1. The van der Waals surface area contributed by atoms with Gasteiger partial charge in [0.25, 0.3) is 0 Å². The van der Waals surface area contributed by atoms with E-state index in [1.807, 2.05) is 36.4 Å². The fourth-order valence-electron chi connectivity index (χ4n) is 4.09. The van der Waals surface area contributed by atoms with E-state index in [4.69, 9.17) is 10.7 Å². The number of nitrogens with two attached hydrogens (primary N) is 1. The van der Waals surface area contributed by atoms with E-state index in [1.54, 1.807) is 10.7 Å². The predicted octanol–water partition coefficient (Wildman–Crippen LogP) is 4.62. The minimum Gasteiger partial charge on any atom is -0.383 e. The van der Waals surface area contributed by atoms with Gasteiger partial charge in [-0.05, 0) is 30.5 Å². The highest BCUT2D eigenvalue weighted by molar-refractivity contribution is 5.98. The van der Waals surface area contributed by atoms with Crippen LogP contribution in [0.25, 0.3) is 22.3 Å². The van der Waals surface area contributed by atoms with Gasteiger partial charge in [-0.25, -0.2) is 14.1 Å². The molecule has 7 heteroatoms. The molecule has 0 spiro atoms. The van der Waals surface area contributed by atoms with Crippen LogP contribution in [-0.4, -0.2) is 25.8 Å². The van der Waals surface area contributed by atoms with E-state index in [0.717, 1.165) is 18.4 Å². The number of fused-ring (bicyclic) bond motifs is 1. The Bertz CT molecular complexity index is 1180. The molecule has 152 valence electrons. The quantitative estimate of drug-likeness (QED) is 0.509. The van der Waals surface area contributed by atoms with Crippen molar-refractivity contribution >= 4 is 22.8 Å². The molecule has 2 heterocycles. The molecular formula is C23H23FN6. The second kappa shape index (κ2) is 7.74. The minimum atomic E-state index is -0.320. The van der Waals surface area contributed by atoms with Crippen LogP contribution in [0.3, 0.4) is 0 Å². The summed E-state index contributed by atoms with van der Waals surface area (Å²) in [4.78, 5) is 9.38. The molecule has 3 N–H and O–H groups in total. The molecule has 0 radical (unpaired) electrons. The van der Waals surface area contributed by atoms with Gasteiger partial charge in [-0.15, -0.1) is 5.10 Å². The maximum Gasteiger partial charge on any atom is 0.225 e. The summed E-state index contributed by atoms with van der Waals surface area (Å²) < 4.78 is 15.7. The number of nitrogens with zero attached hydrogens (tertiary/aromatic N) is 4. The van der Waals surface area contributed by atoms with E-state index >= 15 is 0 Å². The van der Waals surface area contributed by atoms with Crippen LogP contribution in [-0.2, 0) is 6.54 Å². The van der Waals surface area contributed by atoms with Crippen molar-refractivity contribution in [1.29, 1.82) is 0 Å². The van der Waals surface area contributed by atoms with Gasteiger partial charge >= 0.3 is 0 Å². The summed E-state index contributed by atoms with van der Waals surface area (Å²) in [6, 6.07) is 16.7. The first kappa shape index (κ1) is 18.5. The number of benzene rings is 2. The molecule has 1 fully saturated rings. The molecule has 1 aliphatic carbocycles. The third kappa shape index (κ3) is 3.58. The third-order valence-electron chi connectivity index (χ3n) is 5.60. The maximum atomic E-state index is 14.0. The van der Waals surface area contributed by atoms with Crippen LogP contribution in [0, 0.1) is 5.82 Å². The highest BCUT2D eigenvalue weighted by Gasteiger charge is 2.21. The molecule has 2 aromatic carbocycles. The van der Waals surface area contributed by atoms with Gasteiger partial charge in [0.15, 0.2) is 5.65 Å². The summed E-state index contributed by atoms with van der Waals surface area (Å²) in [5.41, 5.74) is 9.33. The average Bonchev–Trinajstić information content (AvgIpc) is 3.36. The van der Waals surface area contributed by atoms with Gasteiger partial charge < -0.3 is 11.1 Å². The number of rotatable bonds is 5. The van der Waals surface area contributed by atoms with Crippen molar-refractivity contribution in [2.45, 2.75) is 38.3 Å². The summed E-state index contributed by atoms with van der Waals surface area (Å²) in [5.74, 6) is 0.665. The molecule has 30 heavy (non-hydrogen) atoms. The molecule has 0 amide bonds. The van der Waals surface area contributed by atoms with Gasteiger partial charge in [0.05, 0.1) is 17.6 Å². The lowest BCUT2D eigenvalue weighted by Gasteiger charge is -2.13. The van der Waals surface area contributed by atoms with Crippen LogP contribution >= 0.6 is 0 Å². The topological polar surface area (TPSA) is 81.7 Å². The zero-order valence-electron chi connectivity index (χ0n) is 16.6.